The van der Waals surface area contributed by atoms with E-state index in [4.69, 9.17) is 28.9 Å². The number of halogens is 2. The summed E-state index contributed by atoms with van der Waals surface area (Å²) < 4.78 is 8.17. The van der Waals surface area contributed by atoms with E-state index in [2.05, 4.69) is 14.0 Å². The molecule has 2 rings (SSSR count). The van der Waals surface area contributed by atoms with Crippen LogP contribution in [0.4, 0.5) is 17.1 Å². The van der Waals surface area contributed by atoms with Gasteiger partial charge in [0.1, 0.15) is 11.4 Å². The lowest BCUT2D eigenvalue weighted by Crippen LogP contribution is -2.39. The maximum Gasteiger partial charge on any atom is 0.241 e. The van der Waals surface area contributed by atoms with Gasteiger partial charge in [0.25, 0.3) is 0 Å². The predicted octanol–water partition coefficient (Wildman–Crippen LogP) is 3.64. The summed E-state index contributed by atoms with van der Waals surface area (Å²) in [7, 11) is 0. The van der Waals surface area contributed by atoms with Gasteiger partial charge in [0.2, 0.25) is 5.91 Å². The molecule has 0 fully saturated rings. The number of nitrogens with one attached hydrogen (secondary N) is 1. The van der Waals surface area contributed by atoms with E-state index in [0.29, 0.717) is 27.1 Å². The minimum Gasteiger partial charge on any atom is -0.322 e. The van der Waals surface area contributed by atoms with Crippen LogP contribution < -0.4 is 11.1 Å². The molecule has 0 saturated carbocycles. The summed E-state index contributed by atoms with van der Waals surface area (Å²) in [5, 5.41) is 3.41. The highest BCUT2D eigenvalue weighted by molar-refractivity contribution is 7.58. The first-order valence-electron chi connectivity index (χ1n) is 5.58. The fourth-order valence-electron chi connectivity index (χ4n) is 1.50. The lowest BCUT2D eigenvalue weighted by molar-refractivity contribution is -0.118. The van der Waals surface area contributed by atoms with Gasteiger partial charge in [-0.25, -0.2) is 0 Å². The Bertz CT molecular complexity index is 611. The van der Waals surface area contributed by atoms with E-state index in [1.54, 1.807) is 0 Å². The average molecular weight is 319 g/mol. The van der Waals surface area contributed by atoms with Crippen molar-refractivity contribution < 1.29 is 4.79 Å². The molecule has 1 atom stereocenters. The van der Waals surface area contributed by atoms with Crippen LogP contribution in [0.2, 0.25) is 10.0 Å². The molecule has 19 heavy (non-hydrogen) atoms. The molecule has 1 aromatic carbocycles. The Morgan fingerprint density at radius 3 is 2.58 bits per heavy atom. The second-order valence-electron chi connectivity index (χ2n) is 4.44. The van der Waals surface area contributed by atoms with Crippen LogP contribution >= 0.6 is 23.2 Å². The SMILES string of the molecule is CC(C)[C@H](N)C(=O)Nc1c(Cl)cc(Cl)c2c1N=S=N2. The third-order valence-electron chi connectivity index (χ3n) is 2.71. The smallest absolute Gasteiger partial charge is 0.241 e. The standard InChI is InChI=1S/C11H12Cl2N4OS/c1-4(2)7(14)11(18)15-8-5(12)3-6(13)9-10(8)17-19-16-9/h3-4,7H,14H2,1-2H3,(H,15,18)/t7-/m0/s1. The van der Waals surface area contributed by atoms with Crippen LogP contribution in [0.3, 0.4) is 0 Å². The third kappa shape index (κ3) is 2.81. The first kappa shape index (κ1) is 14.5. The van der Waals surface area contributed by atoms with Gasteiger partial charge in [0.05, 0.1) is 33.1 Å². The van der Waals surface area contributed by atoms with Gasteiger partial charge in [0.15, 0.2) is 0 Å². The van der Waals surface area contributed by atoms with Crippen molar-refractivity contribution in [3.8, 4) is 0 Å². The quantitative estimate of drug-likeness (QED) is 0.905. The summed E-state index contributed by atoms with van der Waals surface area (Å²) in [4.78, 5) is 12.0. The van der Waals surface area contributed by atoms with E-state index in [0.717, 1.165) is 11.4 Å². The van der Waals surface area contributed by atoms with Crippen LogP contribution in [0, 0.1) is 5.92 Å². The Balaban J connectivity index is 2.35. The summed E-state index contributed by atoms with van der Waals surface area (Å²) in [5.74, 6) is -0.288. The molecule has 1 aliphatic heterocycles. The Hall–Kier alpha value is -0.950. The highest BCUT2D eigenvalue weighted by atomic mass is 35.5. The van der Waals surface area contributed by atoms with E-state index in [-0.39, 0.29) is 11.8 Å². The van der Waals surface area contributed by atoms with Crippen molar-refractivity contribution in [1.82, 2.24) is 0 Å². The van der Waals surface area contributed by atoms with Crippen molar-refractivity contribution in [2.75, 3.05) is 5.32 Å². The van der Waals surface area contributed by atoms with Crippen LogP contribution in [0.5, 0.6) is 0 Å². The molecule has 0 unspecified atom stereocenters. The van der Waals surface area contributed by atoms with Gasteiger partial charge >= 0.3 is 0 Å². The number of benzene rings is 1. The molecule has 1 amide bonds. The molecule has 0 aliphatic carbocycles. The molecule has 0 bridgehead atoms. The van der Waals surface area contributed by atoms with Gasteiger partial charge in [-0.1, -0.05) is 37.0 Å². The highest BCUT2D eigenvalue weighted by Crippen LogP contribution is 2.47. The van der Waals surface area contributed by atoms with Crippen molar-refractivity contribution in [3.63, 3.8) is 0 Å². The molecule has 3 N–H and O–H groups in total. The molecule has 8 heteroatoms. The number of amides is 1. The Morgan fingerprint density at radius 2 is 1.95 bits per heavy atom. The van der Waals surface area contributed by atoms with Crippen LogP contribution in [-0.2, 0) is 16.1 Å². The van der Waals surface area contributed by atoms with Gasteiger partial charge in [0, 0.05) is 0 Å². The largest absolute Gasteiger partial charge is 0.322 e. The Morgan fingerprint density at radius 1 is 1.32 bits per heavy atom. The number of hydrogen-bond acceptors (Lipinski definition) is 4. The molecule has 0 radical (unpaired) electrons. The van der Waals surface area contributed by atoms with E-state index in [1.807, 2.05) is 13.8 Å². The third-order valence-corrected chi connectivity index (χ3v) is 3.83. The van der Waals surface area contributed by atoms with Crippen molar-refractivity contribution in [1.29, 1.82) is 0 Å². The first-order chi connectivity index (χ1) is 8.91. The molecule has 1 heterocycles. The number of carbonyl (C=O) groups is 1. The minimum atomic E-state index is -0.617. The van der Waals surface area contributed by atoms with Crippen molar-refractivity contribution in [2.45, 2.75) is 19.9 Å². The lowest BCUT2D eigenvalue weighted by atomic mass is 10.0. The van der Waals surface area contributed by atoms with Gasteiger partial charge in [-0.2, -0.15) is 8.73 Å². The number of rotatable bonds is 3. The fraction of sp³-hybridized carbons (Fsp3) is 0.364. The molecule has 1 aromatic rings. The molecular formula is C11H12Cl2N4OS. The number of hydrogen-bond donors (Lipinski definition) is 2. The van der Waals surface area contributed by atoms with Gasteiger partial charge < -0.3 is 11.1 Å². The van der Waals surface area contributed by atoms with Gasteiger partial charge in [-0.15, -0.1) is 0 Å². The highest BCUT2D eigenvalue weighted by Gasteiger charge is 2.23. The summed E-state index contributed by atoms with van der Waals surface area (Å²) in [6, 6.07) is 0.914. The molecule has 5 nitrogen and oxygen atoms in total. The Kier molecular flexibility index (Phi) is 4.25. The molecule has 0 saturated heterocycles. The molecule has 0 aromatic heterocycles. The number of carbonyl (C=O) groups excluding carboxylic acids is 1. The summed E-state index contributed by atoms with van der Waals surface area (Å²) in [5.41, 5.74) is 7.19. The second kappa shape index (κ2) is 5.58. The molecular weight excluding hydrogens is 307 g/mol. The molecule has 1 aliphatic rings. The van der Waals surface area contributed by atoms with Crippen molar-refractivity contribution >= 4 is 57.5 Å². The first-order valence-corrected chi connectivity index (χ1v) is 7.07. The summed E-state index contributed by atoms with van der Waals surface area (Å²) in [6.45, 7) is 3.74. The summed E-state index contributed by atoms with van der Waals surface area (Å²) >= 11 is 13.1. The topological polar surface area (TPSA) is 79.8 Å². The van der Waals surface area contributed by atoms with Crippen LogP contribution in [-0.4, -0.2) is 11.9 Å². The summed E-state index contributed by atoms with van der Waals surface area (Å²) in [6.07, 6.45) is 0. The second-order valence-corrected chi connectivity index (χ2v) is 5.78. The predicted molar refractivity (Wildman–Crippen MR) is 79.4 cm³/mol. The van der Waals surface area contributed by atoms with Crippen LogP contribution in [0.1, 0.15) is 13.8 Å². The van der Waals surface area contributed by atoms with Crippen molar-refractivity contribution in [3.05, 3.63) is 16.1 Å². The van der Waals surface area contributed by atoms with E-state index in [9.17, 15) is 4.79 Å². The zero-order valence-corrected chi connectivity index (χ0v) is 12.6. The minimum absolute atomic E-state index is 0.0233. The van der Waals surface area contributed by atoms with Crippen molar-refractivity contribution in [2.24, 2.45) is 20.4 Å². The zero-order chi connectivity index (χ0) is 14.2. The Labute approximate surface area is 124 Å². The molecule has 0 spiro atoms. The van der Waals surface area contributed by atoms with Gasteiger partial charge in [-0.3, -0.25) is 4.79 Å². The maximum absolute atomic E-state index is 12.0. The van der Waals surface area contributed by atoms with E-state index < -0.39 is 6.04 Å². The maximum atomic E-state index is 12.0. The monoisotopic (exact) mass is 318 g/mol. The fourth-order valence-corrected chi connectivity index (χ4v) is 2.66. The normalized spacial score (nSPS) is 14.2. The lowest BCUT2D eigenvalue weighted by Gasteiger charge is -2.17. The number of fused-ring (bicyclic) bond motifs is 1. The van der Waals surface area contributed by atoms with Crippen LogP contribution in [0.25, 0.3) is 0 Å². The average Bonchev–Trinajstić information content (AvgIpc) is 2.82. The van der Waals surface area contributed by atoms with E-state index >= 15 is 0 Å². The number of nitrogens with zero attached hydrogens (tertiary/aromatic N) is 2. The number of anilines is 1. The van der Waals surface area contributed by atoms with Gasteiger partial charge in [-0.05, 0) is 12.0 Å². The zero-order valence-electron chi connectivity index (χ0n) is 10.3. The van der Waals surface area contributed by atoms with Crippen LogP contribution in [0.15, 0.2) is 14.8 Å². The number of nitrogens with two attached hydrogens (primary N) is 1. The molecule has 102 valence electrons. The van der Waals surface area contributed by atoms with E-state index in [1.165, 1.54) is 6.07 Å².